The Morgan fingerprint density at radius 3 is 1.19 bits per heavy atom. The number of rotatable bonds is 59. The molecule has 526 valence electrons. The first-order valence-corrected chi connectivity index (χ1v) is 38.9. The Morgan fingerprint density at radius 1 is 0.347 bits per heavy atom. The summed E-state index contributed by atoms with van der Waals surface area (Å²) in [6.45, 7) is 11.8. The predicted molar refractivity (Wildman–Crippen MR) is 397 cm³/mol. The molecule has 6 aromatic rings. The van der Waals surface area contributed by atoms with E-state index in [1.807, 2.05) is 36.4 Å². The van der Waals surface area contributed by atoms with E-state index in [0.29, 0.717) is 52.1 Å². The maximum atomic E-state index is 14.2. The Balaban J connectivity index is 1.05. The quantitative estimate of drug-likeness (QED) is 0.0226. The third-order valence-electron chi connectivity index (χ3n) is 19.0. The van der Waals surface area contributed by atoms with Crippen LogP contribution < -0.4 is 24.3 Å². The van der Waals surface area contributed by atoms with Crippen molar-refractivity contribution in [2.75, 3.05) is 39.6 Å². The summed E-state index contributed by atoms with van der Waals surface area (Å²) in [5.41, 5.74) is 3.13. The van der Waals surface area contributed by atoms with Crippen molar-refractivity contribution in [1.29, 1.82) is 0 Å². The van der Waals surface area contributed by atoms with E-state index in [9.17, 15) is 14.4 Å². The zero-order valence-corrected chi connectivity index (χ0v) is 60.1. The first-order chi connectivity index (χ1) is 46.8. The highest BCUT2D eigenvalue weighted by atomic mass is 16.5. The van der Waals surface area contributed by atoms with Gasteiger partial charge >= 0.3 is 11.9 Å². The Morgan fingerprint density at radius 2 is 0.737 bits per heavy atom. The molecule has 0 heterocycles. The van der Waals surface area contributed by atoms with Crippen LogP contribution in [-0.2, 0) is 43.1 Å². The van der Waals surface area contributed by atoms with E-state index < -0.39 is 18.0 Å². The number of amides is 1. The summed E-state index contributed by atoms with van der Waals surface area (Å²) in [5, 5.41) is 10.3. The van der Waals surface area contributed by atoms with E-state index in [4.69, 9.17) is 28.4 Å². The van der Waals surface area contributed by atoms with Gasteiger partial charge in [0, 0.05) is 25.7 Å². The molecule has 0 saturated heterocycles. The van der Waals surface area contributed by atoms with Crippen molar-refractivity contribution < 1.29 is 42.8 Å². The van der Waals surface area contributed by atoms with Crippen LogP contribution in [-0.4, -0.2) is 63.5 Å². The maximum absolute atomic E-state index is 14.2. The van der Waals surface area contributed by atoms with Gasteiger partial charge in [-0.25, -0.2) is 4.79 Å². The summed E-state index contributed by atoms with van der Waals surface area (Å²) in [5.74, 6) is 1.68. The number of unbranched alkanes of at least 4 members (excludes halogenated alkanes) is 32. The minimum atomic E-state index is -1.04. The largest absolute Gasteiger partial charge is 0.490 e. The van der Waals surface area contributed by atoms with Gasteiger partial charge < -0.3 is 33.7 Å². The van der Waals surface area contributed by atoms with Crippen LogP contribution in [0, 0.1) is 0 Å². The molecule has 10 nitrogen and oxygen atoms in total. The average molecular weight is 1310 g/mol. The molecule has 0 fully saturated rings. The van der Waals surface area contributed by atoms with Crippen LogP contribution in [0.2, 0.25) is 0 Å². The Hall–Kier alpha value is -6.03. The van der Waals surface area contributed by atoms with Gasteiger partial charge in [-0.1, -0.05) is 300 Å². The first kappa shape index (κ1) is 78.0. The minimum absolute atomic E-state index is 0.0427. The molecule has 95 heavy (non-hydrogen) atoms. The van der Waals surface area contributed by atoms with Crippen LogP contribution in [0.4, 0.5) is 0 Å². The molecule has 1 atom stereocenters. The molecule has 1 amide bonds. The number of benzene rings is 6. The fraction of sp³-hybridized carbons (Fsp3) is 0.635. The number of hydrogen-bond acceptors (Lipinski definition) is 9. The molecule has 0 aliphatic rings. The van der Waals surface area contributed by atoms with Gasteiger partial charge in [0.25, 0.3) is 0 Å². The molecule has 6 rings (SSSR count). The summed E-state index contributed by atoms with van der Waals surface area (Å²) in [6.07, 6.45) is 47.3. The fourth-order valence-corrected chi connectivity index (χ4v) is 13.2. The highest BCUT2D eigenvalue weighted by Gasteiger charge is 2.25. The second-order valence-electron chi connectivity index (χ2n) is 27.3. The van der Waals surface area contributed by atoms with Crippen LogP contribution in [0.25, 0.3) is 32.3 Å². The number of nitrogens with one attached hydrogen (secondary N) is 1. The lowest BCUT2D eigenvalue weighted by atomic mass is 9.90. The van der Waals surface area contributed by atoms with Crippen LogP contribution in [0.3, 0.4) is 0 Å². The van der Waals surface area contributed by atoms with Crippen LogP contribution in [0.15, 0.2) is 91.0 Å². The molecule has 0 unspecified atom stereocenters. The number of ether oxygens (including phenoxy) is 6. The van der Waals surface area contributed by atoms with Gasteiger partial charge in [0.05, 0.1) is 39.6 Å². The molecule has 0 aliphatic carbocycles. The normalized spacial score (nSPS) is 11.8. The lowest BCUT2D eigenvalue weighted by Gasteiger charge is -2.18. The van der Waals surface area contributed by atoms with E-state index in [-0.39, 0.29) is 38.4 Å². The molecule has 0 saturated carbocycles. The smallest absolute Gasteiger partial charge is 0.328 e. The monoisotopic (exact) mass is 1310 g/mol. The highest BCUT2D eigenvalue weighted by Crippen LogP contribution is 2.37. The number of carbonyl (C=O) groups excluding carboxylic acids is 3. The molecule has 6 aromatic carbocycles. The van der Waals surface area contributed by atoms with Gasteiger partial charge in [-0.05, 0) is 118 Å². The van der Waals surface area contributed by atoms with Crippen molar-refractivity contribution in [3.63, 3.8) is 0 Å². The Bertz CT molecular complexity index is 2990. The number of esters is 2. The second-order valence-corrected chi connectivity index (χ2v) is 27.3. The number of hydrogen-bond donors (Lipinski definition) is 1. The van der Waals surface area contributed by atoms with Crippen molar-refractivity contribution in [3.05, 3.63) is 108 Å². The first-order valence-electron chi connectivity index (χ1n) is 38.9. The van der Waals surface area contributed by atoms with Crippen molar-refractivity contribution in [3.8, 4) is 23.0 Å². The minimum Gasteiger partial charge on any atom is -0.490 e. The zero-order chi connectivity index (χ0) is 67.0. The highest BCUT2D eigenvalue weighted by molar-refractivity contribution is 6.23. The SMILES string of the molecule is CCCCCCCCCCCOc1ccc(CCOC(=O)CC[C@H](NC(=O)CCCc2cc3cccc4ccc5cccc2c5c43)C(=O)OCCc2ccc(OCCCCCCCCCCC)c(OCCCCCCCCCCC)c2)cc1OCCCCCCCCCCC. The molecule has 0 aromatic heterocycles. The standard InChI is InChI=1S/C85H127NO9/c1-5-9-13-17-21-25-29-33-37-60-90-77-55-50-69(66-79(77)92-62-39-35-31-27-23-19-15-11-7-3)58-64-94-82(88)57-54-76(86-81(87)49-43-46-73-68-74-47-41-44-71-52-53-72-45-42-48-75(73)84(72)83(71)74)85(89)95-65-59-70-51-56-78(91-61-38-34-30-26-22-18-14-10-6-2)80(67-70)93-63-40-36-32-28-24-20-16-12-8-4/h41-42,44-45,47-48,50-53,55-56,66-68,76H,5-40,43,46,49,54,57-65H2,1-4H3,(H,86,87)/t76-/m0/s1. The van der Waals surface area contributed by atoms with Gasteiger partial charge in [0.1, 0.15) is 6.04 Å². The third kappa shape index (κ3) is 31.4. The van der Waals surface area contributed by atoms with E-state index in [1.54, 1.807) is 0 Å². The average Bonchev–Trinajstić information content (AvgIpc) is 0.744. The third-order valence-corrected chi connectivity index (χ3v) is 19.0. The van der Waals surface area contributed by atoms with Crippen molar-refractivity contribution in [2.24, 2.45) is 0 Å². The Kier molecular flexibility index (Phi) is 40.6. The van der Waals surface area contributed by atoms with Gasteiger partial charge in [-0.2, -0.15) is 0 Å². The number of aryl methyl sites for hydroxylation is 1. The van der Waals surface area contributed by atoms with Gasteiger partial charge in [0.15, 0.2) is 23.0 Å². The second kappa shape index (κ2) is 49.5. The Labute approximate surface area is 575 Å². The van der Waals surface area contributed by atoms with E-state index in [2.05, 4.69) is 87.6 Å². The summed E-state index contributed by atoms with van der Waals surface area (Å²) >= 11 is 0. The molecule has 0 spiro atoms. The summed E-state index contributed by atoms with van der Waals surface area (Å²) in [7, 11) is 0. The number of carbonyl (C=O) groups is 3. The van der Waals surface area contributed by atoms with Crippen molar-refractivity contribution in [2.45, 2.75) is 310 Å². The van der Waals surface area contributed by atoms with Gasteiger partial charge in [-0.15, -0.1) is 0 Å². The van der Waals surface area contributed by atoms with Crippen molar-refractivity contribution >= 4 is 50.2 Å². The van der Waals surface area contributed by atoms with E-state index in [0.717, 1.165) is 85.5 Å². The summed E-state index contributed by atoms with van der Waals surface area (Å²) in [4.78, 5) is 41.7. The van der Waals surface area contributed by atoms with Gasteiger partial charge in [0.2, 0.25) is 5.91 Å². The molecule has 1 N–H and O–H groups in total. The summed E-state index contributed by atoms with van der Waals surface area (Å²) in [6, 6.07) is 30.6. The molecule has 0 radical (unpaired) electrons. The zero-order valence-electron chi connectivity index (χ0n) is 60.1. The molecule has 10 heteroatoms. The lowest BCUT2D eigenvalue weighted by Crippen LogP contribution is -2.42. The van der Waals surface area contributed by atoms with E-state index >= 15 is 0 Å². The predicted octanol–water partition coefficient (Wildman–Crippen LogP) is 23.4. The topological polar surface area (TPSA) is 119 Å². The lowest BCUT2D eigenvalue weighted by molar-refractivity contribution is -0.149. The fourth-order valence-electron chi connectivity index (χ4n) is 13.2. The van der Waals surface area contributed by atoms with Crippen LogP contribution >= 0.6 is 0 Å². The molecular weight excluding hydrogens is 1180 g/mol. The maximum Gasteiger partial charge on any atom is 0.328 e. The summed E-state index contributed by atoms with van der Waals surface area (Å²) < 4.78 is 37.4. The van der Waals surface area contributed by atoms with Crippen LogP contribution in [0.5, 0.6) is 23.0 Å². The van der Waals surface area contributed by atoms with E-state index in [1.165, 1.54) is 218 Å². The molecule has 0 bridgehead atoms. The molecular formula is C85H127NO9. The van der Waals surface area contributed by atoms with Gasteiger partial charge in [-0.3, -0.25) is 9.59 Å². The van der Waals surface area contributed by atoms with Crippen LogP contribution in [0.1, 0.15) is 301 Å². The van der Waals surface area contributed by atoms with Crippen molar-refractivity contribution in [1.82, 2.24) is 5.32 Å². The molecule has 0 aliphatic heterocycles.